The Morgan fingerprint density at radius 3 is 2.52 bits per heavy atom. The molecule has 3 heteroatoms. The van der Waals surface area contributed by atoms with Crippen LogP contribution in [0.3, 0.4) is 0 Å². The molecule has 0 fully saturated rings. The summed E-state index contributed by atoms with van der Waals surface area (Å²) in [5.74, 6) is 0. The molecule has 1 N–H and O–H groups in total. The summed E-state index contributed by atoms with van der Waals surface area (Å²) in [4.78, 5) is 0. The Kier molecular flexibility index (Phi) is 4.34. The normalized spacial score (nSPS) is 14.2. The zero-order valence-electron chi connectivity index (χ0n) is 11.9. The molecule has 0 amide bonds. The van der Waals surface area contributed by atoms with Crippen LogP contribution >= 0.6 is 11.3 Å². The molecule has 1 heterocycles. The second-order valence-corrected chi connectivity index (χ2v) is 6.01. The Morgan fingerprint density at radius 1 is 1.05 bits per heavy atom. The molecule has 2 nitrogen and oxygen atoms in total. The van der Waals surface area contributed by atoms with Gasteiger partial charge in [-0.2, -0.15) is 0 Å². The fourth-order valence-corrected chi connectivity index (χ4v) is 3.66. The first-order valence-corrected chi connectivity index (χ1v) is 7.88. The van der Waals surface area contributed by atoms with Crippen molar-refractivity contribution in [3.63, 3.8) is 0 Å². The molecule has 0 aliphatic carbocycles. The smallest absolute Gasteiger partial charge is 0.108 e. The number of rotatable bonds is 5. The van der Waals surface area contributed by atoms with E-state index in [0.29, 0.717) is 6.42 Å². The third-order valence-corrected chi connectivity index (χ3v) is 4.73. The van der Waals surface area contributed by atoms with Gasteiger partial charge in [0, 0.05) is 18.2 Å². The summed E-state index contributed by atoms with van der Waals surface area (Å²) in [5, 5.41) is 13.9. The fourth-order valence-electron chi connectivity index (χ4n) is 2.68. The molecular weight excluding hydrogens is 280 g/mol. The molecule has 2 aromatic carbocycles. The molecule has 108 valence electrons. The van der Waals surface area contributed by atoms with E-state index in [1.54, 1.807) is 18.4 Å². The Labute approximate surface area is 128 Å². The minimum atomic E-state index is -0.560. The first kappa shape index (κ1) is 14.3. The summed E-state index contributed by atoms with van der Waals surface area (Å²) in [6.45, 7) is 0. The molecule has 1 aromatic heterocycles. The van der Waals surface area contributed by atoms with Crippen LogP contribution in [-0.2, 0) is 11.2 Å². The summed E-state index contributed by atoms with van der Waals surface area (Å²) in [6.07, 6.45) is -0.266. The first-order chi connectivity index (χ1) is 10.3. The molecular formula is C18H18O2S. The zero-order valence-corrected chi connectivity index (χ0v) is 12.7. The zero-order chi connectivity index (χ0) is 14.7. The highest BCUT2D eigenvalue weighted by Crippen LogP contribution is 2.29. The number of methoxy groups -OCH3 is 1. The molecule has 0 radical (unpaired) electrons. The van der Waals surface area contributed by atoms with Crippen LogP contribution in [0.2, 0.25) is 0 Å². The lowest BCUT2D eigenvalue weighted by molar-refractivity contribution is -0.0126. The van der Waals surface area contributed by atoms with E-state index in [9.17, 15) is 5.11 Å². The lowest BCUT2D eigenvalue weighted by atomic mass is 9.98. The van der Waals surface area contributed by atoms with Gasteiger partial charge in [-0.05, 0) is 28.0 Å². The molecule has 0 saturated heterocycles. The van der Waals surface area contributed by atoms with Crippen LogP contribution in [-0.4, -0.2) is 18.3 Å². The highest BCUT2D eigenvalue weighted by molar-refractivity contribution is 7.17. The average molecular weight is 298 g/mol. The summed E-state index contributed by atoms with van der Waals surface area (Å²) in [7, 11) is 1.65. The minimum Gasteiger partial charge on any atom is -0.390 e. The summed E-state index contributed by atoms with van der Waals surface area (Å²) in [5.41, 5.74) is 2.19. The van der Waals surface area contributed by atoms with Crippen molar-refractivity contribution in [2.24, 2.45) is 0 Å². The molecule has 0 saturated carbocycles. The number of benzene rings is 2. The molecule has 0 bridgehead atoms. The van der Waals surface area contributed by atoms with Crippen LogP contribution < -0.4 is 0 Å². The van der Waals surface area contributed by atoms with Gasteiger partial charge in [-0.3, -0.25) is 0 Å². The summed E-state index contributed by atoms with van der Waals surface area (Å²) in [6, 6.07) is 18.2. The van der Waals surface area contributed by atoms with Crippen LogP contribution in [0, 0.1) is 0 Å². The Morgan fingerprint density at radius 2 is 1.76 bits per heavy atom. The molecule has 3 aromatic rings. The van der Waals surface area contributed by atoms with Gasteiger partial charge in [0.25, 0.3) is 0 Å². The minimum absolute atomic E-state index is 0.301. The van der Waals surface area contributed by atoms with E-state index in [1.807, 2.05) is 42.5 Å². The van der Waals surface area contributed by atoms with E-state index < -0.39 is 6.10 Å². The van der Waals surface area contributed by atoms with Crippen molar-refractivity contribution in [3.05, 3.63) is 71.1 Å². The second kappa shape index (κ2) is 6.39. The lowest BCUT2D eigenvalue weighted by Gasteiger charge is -2.22. The van der Waals surface area contributed by atoms with Crippen molar-refractivity contribution in [1.82, 2.24) is 0 Å². The van der Waals surface area contributed by atoms with E-state index in [-0.39, 0.29) is 6.10 Å². The predicted molar refractivity (Wildman–Crippen MR) is 87.7 cm³/mol. The molecule has 0 spiro atoms. The van der Waals surface area contributed by atoms with E-state index in [4.69, 9.17) is 4.74 Å². The van der Waals surface area contributed by atoms with Crippen molar-refractivity contribution in [2.75, 3.05) is 7.11 Å². The highest BCUT2D eigenvalue weighted by atomic mass is 32.1. The number of fused-ring (bicyclic) bond motifs is 1. The quantitative estimate of drug-likeness (QED) is 0.765. The van der Waals surface area contributed by atoms with Crippen molar-refractivity contribution >= 4 is 21.4 Å². The number of ether oxygens (including phenoxy) is 1. The van der Waals surface area contributed by atoms with Gasteiger partial charge in [-0.25, -0.2) is 0 Å². The van der Waals surface area contributed by atoms with Gasteiger partial charge in [0.2, 0.25) is 0 Å². The monoisotopic (exact) mass is 298 g/mol. The first-order valence-electron chi connectivity index (χ1n) is 7.00. The van der Waals surface area contributed by atoms with Gasteiger partial charge in [-0.15, -0.1) is 11.3 Å². The number of aliphatic hydroxyl groups excluding tert-OH is 1. The Bertz CT molecular complexity index is 705. The number of aliphatic hydroxyl groups is 1. The van der Waals surface area contributed by atoms with Crippen LogP contribution in [0.15, 0.2) is 60.0 Å². The van der Waals surface area contributed by atoms with E-state index >= 15 is 0 Å². The summed E-state index contributed by atoms with van der Waals surface area (Å²) >= 11 is 1.72. The maximum Gasteiger partial charge on any atom is 0.108 e. The topological polar surface area (TPSA) is 29.5 Å². The summed E-state index contributed by atoms with van der Waals surface area (Å²) < 4.78 is 6.77. The van der Waals surface area contributed by atoms with Gasteiger partial charge in [0.15, 0.2) is 0 Å². The van der Waals surface area contributed by atoms with Crippen molar-refractivity contribution in [3.8, 4) is 0 Å². The van der Waals surface area contributed by atoms with Crippen molar-refractivity contribution < 1.29 is 9.84 Å². The predicted octanol–water partition coefficient (Wildman–Crippen LogP) is 4.19. The Balaban J connectivity index is 1.83. The van der Waals surface area contributed by atoms with E-state index in [2.05, 4.69) is 17.5 Å². The average Bonchev–Trinajstić information content (AvgIpc) is 2.92. The standard InChI is InChI=1S/C18H18O2S/c1-20-18(13-7-3-2-4-8-13)16(19)11-14-12-21-17-10-6-5-9-15(14)17/h2-10,12,16,18-19H,11H2,1H3. The van der Waals surface area contributed by atoms with Gasteiger partial charge >= 0.3 is 0 Å². The van der Waals surface area contributed by atoms with Gasteiger partial charge in [0.05, 0.1) is 6.10 Å². The van der Waals surface area contributed by atoms with E-state index in [0.717, 1.165) is 5.56 Å². The van der Waals surface area contributed by atoms with Crippen molar-refractivity contribution in [2.45, 2.75) is 18.6 Å². The van der Waals surface area contributed by atoms with Crippen LogP contribution in [0.1, 0.15) is 17.2 Å². The highest BCUT2D eigenvalue weighted by Gasteiger charge is 2.22. The third-order valence-electron chi connectivity index (χ3n) is 3.72. The molecule has 3 rings (SSSR count). The maximum absolute atomic E-state index is 10.6. The van der Waals surface area contributed by atoms with Gasteiger partial charge < -0.3 is 9.84 Å². The molecule has 0 aliphatic rings. The number of thiophene rings is 1. The number of hydrogen-bond acceptors (Lipinski definition) is 3. The second-order valence-electron chi connectivity index (χ2n) is 5.10. The number of hydrogen-bond donors (Lipinski definition) is 1. The molecule has 2 atom stereocenters. The molecule has 21 heavy (non-hydrogen) atoms. The lowest BCUT2D eigenvalue weighted by Crippen LogP contribution is -2.22. The van der Waals surface area contributed by atoms with E-state index in [1.165, 1.54) is 15.6 Å². The van der Waals surface area contributed by atoms with Crippen LogP contribution in [0.4, 0.5) is 0 Å². The fraction of sp³-hybridized carbons (Fsp3) is 0.222. The largest absolute Gasteiger partial charge is 0.390 e. The van der Waals surface area contributed by atoms with Gasteiger partial charge in [0.1, 0.15) is 6.10 Å². The third kappa shape index (κ3) is 3.00. The van der Waals surface area contributed by atoms with Crippen molar-refractivity contribution in [1.29, 1.82) is 0 Å². The Hall–Kier alpha value is -1.68. The SMILES string of the molecule is COC(c1ccccc1)C(O)Cc1csc2ccccc12. The molecule has 2 unspecified atom stereocenters. The molecule has 0 aliphatic heterocycles. The maximum atomic E-state index is 10.6. The van der Waals surface area contributed by atoms with Gasteiger partial charge in [-0.1, -0.05) is 48.5 Å². The van der Waals surface area contributed by atoms with Crippen LogP contribution in [0.5, 0.6) is 0 Å². The van der Waals surface area contributed by atoms with Crippen LogP contribution in [0.25, 0.3) is 10.1 Å².